The second-order valence-corrected chi connectivity index (χ2v) is 4.30. The van der Waals surface area contributed by atoms with E-state index in [1.54, 1.807) is 4.40 Å². The summed E-state index contributed by atoms with van der Waals surface area (Å²) in [5.41, 5.74) is 2.75. The molecule has 17 heavy (non-hydrogen) atoms. The lowest BCUT2D eigenvalue weighted by Gasteiger charge is -2.29. The van der Waals surface area contributed by atoms with Crippen molar-refractivity contribution in [1.82, 2.24) is 9.38 Å². The number of hydrogen-bond acceptors (Lipinski definition) is 3. The van der Waals surface area contributed by atoms with Gasteiger partial charge in [0.05, 0.1) is 25.1 Å². The second kappa shape index (κ2) is 4.00. The second-order valence-electron chi connectivity index (χ2n) is 4.30. The van der Waals surface area contributed by atoms with Crippen molar-refractivity contribution in [3.05, 3.63) is 30.0 Å². The highest BCUT2D eigenvalue weighted by Gasteiger charge is 2.16. The number of ether oxygens (including phenoxy) is 1. The average molecular weight is 235 g/mol. The van der Waals surface area contributed by atoms with Crippen LogP contribution in [-0.2, 0) is 4.74 Å². The molecule has 1 fully saturated rings. The maximum absolute atomic E-state index is 13.2. The minimum absolute atomic E-state index is 0.440. The van der Waals surface area contributed by atoms with Crippen LogP contribution < -0.4 is 4.90 Å². The van der Waals surface area contributed by atoms with Gasteiger partial charge in [-0.25, -0.2) is 0 Å². The van der Waals surface area contributed by atoms with Gasteiger partial charge in [0.25, 0.3) is 0 Å². The van der Waals surface area contributed by atoms with Crippen molar-refractivity contribution in [2.24, 2.45) is 0 Å². The van der Waals surface area contributed by atoms with Crippen molar-refractivity contribution in [2.45, 2.75) is 6.92 Å². The number of pyridine rings is 1. The normalized spacial score (nSPS) is 16.7. The molecular formula is C12H14FN3O. The fraction of sp³-hybridized carbons (Fsp3) is 0.417. The molecule has 0 radical (unpaired) electrons. The van der Waals surface area contributed by atoms with E-state index in [1.165, 1.54) is 6.20 Å². The maximum atomic E-state index is 13.2. The van der Waals surface area contributed by atoms with Gasteiger partial charge in [-0.05, 0) is 18.6 Å². The van der Waals surface area contributed by atoms with Crippen LogP contribution in [0.4, 0.5) is 10.1 Å². The summed E-state index contributed by atoms with van der Waals surface area (Å²) in [6, 6.07) is 2.05. The van der Waals surface area contributed by atoms with Crippen molar-refractivity contribution >= 4 is 11.3 Å². The van der Waals surface area contributed by atoms with Crippen LogP contribution in [0.15, 0.2) is 18.5 Å². The number of hydrogen-bond donors (Lipinski definition) is 0. The number of anilines is 1. The van der Waals surface area contributed by atoms with Gasteiger partial charge < -0.3 is 14.0 Å². The predicted octanol–water partition coefficient (Wildman–Crippen LogP) is 1.62. The third-order valence-electron chi connectivity index (χ3n) is 2.99. The van der Waals surface area contributed by atoms with Crippen molar-refractivity contribution < 1.29 is 9.13 Å². The van der Waals surface area contributed by atoms with Gasteiger partial charge in [0, 0.05) is 19.3 Å². The van der Waals surface area contributed by atoms with Crippen molar-refractivity contribution in [3.8, 4) is 0 Å². The Kier molecular flexibility index (Phi) is 2.48. The van der Waals surface area contributed by atoms with E-state index in [9.17, 15) is 4.39 Å². The van der Waals surface area contributed by atoms with Gasteiger partial charge in [-0.15, -0.1) is 0 Å². The summed E-state index contributed by atoms with van der Waals surface area (Å²) in [5, 5.41) is 0. The molecule has 2 aromatic rings. The van der Waals surface area contributed by atoms with Crippen LogP contribution in [0.25, 0.3) is 5.65 Å². The molecule has 5 heteroatoms. The first-order chi connectivity index (χ1) is 8.24. The van der Waals surface area contributed by atoms with Crippen LogP contribution in [-0.4, -0.2) is 35.7 Å². The standard InChI is InChI=1S/C12H14FN3O/c1-9-6-10(15-2-4-17-5-3-15)12-14-11(13)8-16(12)7-9/h6-8H,2-5H2,1H3. The Bertz CT molecular complexity index is 546. The highest BCUT2D eigenvalue weighted by molar-refractivity contribution is 5.70. The average Bonchev–Trinajstić information content (AvgIpc) is 2.69. The summed E-state index contributed by atoms with van der Waals surface area (Å²) in [6.45, 7) is 5.08. The van der Waals surface area contributed by atoms with Gasteiger partial charge in [0.15, 0.2) is 5.65 Å². The zero-order chi connectivity index (χ0) is 11.8. The molecule has 90 valence electrons. The molecule has 2 aromatic heterocycles. The molecule has 4 nitrogen and oxygen atoms in total. The Morgan fingerprint density at radius 3 is 2.82 bits per heavy atom. The molecule has 0 aromatic carbocycles. The van der Waals surface area contributed by atoms with Gasteiger partial charge in [0.2, 0.25) is 5.95 Å². The Balaban J connectivity index is 2.12. The molecule has 1 saturated heterocycles. The summed E-state index contributed by atoms with van der Waals surface area (Å²) < 4.78 is 20.3. The number of aryl methyl sites for hydroxylation is 1. The lowest BCUT2D eigenvalue weighted by Crippen LogP contribution is -2.36. The van der Waals surface area contributed by atoms with E-state index in [4.69, 9.17) is 4.74 Å². The molecule has 0 N–H and O–H groups in total. The largest absolute Gasteiger partial charge is 0.378 e. The van der Waals surface area contributed by atoms with Crippen LogP contribution in [0, 0.1) is 12.9 Å². The SMILES string of the molecule is Cc1cc(N2CCOCC2)c2nc(F)cn2c1. The number of aromatic nitrogens is 2. The molecule has 1 aliphatic rings. The maximum Gasteiger partial charge on any atom is 0.231 e. The minimum Gasteiger partial charge on any atom is -0.378 e. The summed E-state index contributed by atoms with van der Waals surface area (Å²) >= 11 is 0. The molecule has 0 unspecified atom stereocenters. The predicted molar refractivity (Wildman–Crippen MR) is 62.9 cm³/mol. The number of morpholine rings is 1. The first kappa shape index (κ1) is 10.5. The summed E-state index contributed by atoms with van der Waals surface area (Å²) in [7, 11) is 0. The Hall–Kier alpha value is -1.62. The molecule has 0 aliphatic carbocycles. The number of fused-ring (bicyclic) bond motifs is 1. The molecule has 0 bridgehead atoms. The van der Waals surface area contributed by atoms with E-state index in [-0.39, 0.29) is 0 Å². The van der Waals surface area contributed by atoms with E-state index in [0.29, 0.717) is 18.9 Å². The molecule has 1 aliphatic heterocycles. The quantitative estimate of drug-likeness (QED) is 0.752. The minimum atomic E-state index is -0.440. The molecule has 3 heterocycles. The van der Waals surface area contributed by atoms with E-state index in [0.717, 1.165) is 24.3 Å². The number of nitrogens with zero attached hydrogens (tertiary/aromatic N) is 3. The van der Waals surface area contributed by atoms with E-state index >= 15 is 0 Å². The van der Waals surface area contributed by atoms with Crippen LogP contribution in [0.3, 0.4) is 0 Å². The molecular weight excluding hydrogens is 221 g/mol. The lowest BCUT2D eigenvalue weighted by atomic mass is 10.2. The van der Waals surface area contributed by atoms with Crippen LogP contribution in [0.5, 0.6) is 0 Å². The van der Waals surface area contributed by atoms with E-state index in [2.05, 4.69) is 9.88 Å². The fourth-order valence-corrected chi connectivity index (χ4v) is 2.23. The molecule has 0 spiro atoms. The molecule has 0 atom stereocenters. The number of imidazole rings is 1. The smallest absolute Gasteiger partial charge is 0.231 e. The lowest BCUT2D eigenvalue weighted by molar-refractivity contribution is 0.123. The van der Waals surface area contributed by atoms with Crippen LogP contribution >= 0.6 is 0 Å². The highest BCUT2D eigenvalue weighted by atomic mass is 19.1. The zero-order valence-electron chi connectivity index (χ0n) is 9.69. The first-order valence-electron chi connectivity index (χ1n) is 5.71. The molecule has 0 saturated carbocycles. The number of halogens is 1. The molecule has 0 amide bonds. The molecule has 3 rings (SSSR count). The van der Waals surface area contributed by atoms with Gasteiger partial charge in [-0.1, -0.05) is 0 Å². The topological polar surface area (TPSA) is 29.8 Å². The van der Waals surface area contributed by atoms with Crippen molar-refractivity contribution in [3.63, 3.8) is 0 Å². The summed E-state index contributed by atoms with van der Waals surface area (Å²) in [5.74, 6) is -0.440. The van der Waals surface area contributed by atoms with Gasteiger partial charge >= 0.3 is 0 Å². The Morgan fingerprint density at radius 2 is 2.06 bits per heavy atom. The monoisotopic (exact) mass is 235 g/mol. The summed E-state index contributed by atoms with van der Waals surface area (Å²) in [6.07, 6.45) is 3.29. The van der Waals surface area contributed by atoms with Crippen molar-refractivity contribution in [1.29, 1.82) is 0 Å². The summed E-state index contributed by atoms with van der Waals surface area (Å²) in [4.78, 5) is 6.14. The van der Waals surface area contributed by atoms with Crippen molar-refractivity contribution in [2.75, 3.05) is 31.2 Å². The first-order valence-corrected chi connectivity index (χ1v) is 5.71. The van der Waals surface area contributed by atoms with E-state index in [1.807, 2.05) is 19.2 Å². The highest BCUT2D eigenvalue weighted by Crippen LogP contribution is 2.23. The van der Waals surface area contributed by atoms with Gasteiger partial charge in [-0.3, -0.25) is 0 Å². The van der Waals surface area contributed by atoms with Crippen LogP contribution in [0.1, 0.15) is 5.56 Å². The fourth-order valence-electron chi connectivity index (χ4n) is 2.23. The number of rotatable bonds is 1. The zero-order valence-corrected chi connectivity index (χ0v) is 9.69. The van der Waals surface area contributed by atoms with Gasteiger partial charge in [0.1, 0.15) is 0 Å². The third-order valence-corrected chi connectivity index (χ3v) is 2.99. The Morgan fingerprint density at radius 1 is 1.29 bits per heavy atom. The third kappa shape index (κ3) is 1.86. The van der Waals surface area contributed by atoms with Gasteiger partial charge in [-0.2, -0.15) is 9.37 Å². The Labute approximate surface area is 98.6 Å². The van der Waals surface area contributed by atoms with E-state index < -0.39 is 5.95 Å². The van der Waals surface area contributed by atoms with Crippen LogP contribution in [0.2, 0.25) is 0 Å².